The SMILES string of the molecule is CCc1nc(C)ccc1OCC(=O)N[C@H]1CCCN(c2ncccn2)C1. The topological polar surface area (TPSA) is 80.2 Å². The van der Waals surface area contributed by atoms with Gasteiger partial charge in [-0.25, -0.2) is 9.97 Å². The van der Waals surface area contributed by atoms with Crippen LogP contribution in [0, 0.1) is 6.92 Å². The smallest absolute Gasteiger partial charge is 0.258 e. The van der Waals surface area contributed by atoms with Gasteiger partial charge in [0.2, 0.25) is 5.95 Å². The minimum absolute atomic E-state index is 0.00389. The lowest BCUT2D eigenvalue weighted by Gasteiger charge is -2.33. The number of amides is 1. The zero-order valence-corrected chi connectivity index (χ0v) is 15.3. The van der Waals surface area contributed by atoms with Gasteiger partial charge in [0.05, 0.1) is 5.69 Å². The summed E-state index contributed by atoms with van der Waals surface area (Å²) in [5.74, 6) is 1.27. The van der Waals surface area contributed by atoms with Crippen molar-refractivity contribution in [2.45, 2.75) is 39.2 Å². The summed E-state index contributed by atoms with van der Waals surface area (Å²) in [4.78, 5) is 27.4. The average molecular weight is 355 g/mol. The molecule has 138 valence electrons. The standard InChI is InChI=1S/C19H25N5O2/c1-3-16-17(8-7-14(2)22-16)26-13-18(25)23-15-6-4-11-24(12-15)19-20-9-5-10-21-19/h5,7-10,15H,3-4,6,11-13H2,1-2H3,(H,23,25)/t15-/m0/s1. The van der Waals surface area contributed by atoms with Crippen molar-refractivity contribution in [3.8, 4) is 5.75 Å². The van der Waals surface area contributed by atoms with Gasteiger partial charge in [0.1, 0.15) is 5.75 Å². The monoisotopic (exact) mass is 355 g/mol. The fraction of sp³-hybridized carbons (Fsp3) is 0.474. The third-order valence-corrected chi connectivity index (χ3v) is 4.39. The van der Waals surface area contributed by atoms with Gasteiger partial charge in [-0.15, -0.1) is 0 Å². The molecular weight excluding hydrogens is 330 g/mol. The van der Waals surface area contributed by atoms with Gasteiger partial charge in [-0.1, -0.05) is 6.92 Å². The highest BCUT2D eigenvalue weighted by atomic mass is 16.5. The van der Waals surface area contributed by atoms with Crippen molar-refractivity contribution in [3.05, 3.63) is 42.0 Å². The highest BCUT2D eigenvalue weighted by Gasteiger charge is 2.23. The zero-order valence-electron chi connectivity index (χ0n) is 15.3. The first-order valence-corrected chi connectivity index (χ1v) is 9.06. The molecule has 1 saturated heterocycles. The Labute approximate surface area is 153 Å². The van der Waals surface area contributed by atoms with Gasteiger partial charge in [-0.3, -0.25) is 9.78 Å². The zero-order chi connectivity index (χ0) is 18.4. The number of piperidine rings is 1. The van der Waals surface area contributed by atoms with E-state index in [0.717, 1.165) is 37.2 Å². The molecule has 7 heteroatoms. The number of aryl methyl sites for hydroxylation is 2. The summed E-state index contributed by atoms with van der Waals surface area (Å²) in [6, 6.07) is 5.65. The van der Waals surface area contributed by atoms with Crippen molar-refractivity contribution in [2.75, 3.05) is 24.6 Å². The molecule has 1 aliphatic rings. The second kappa shape index (κ2) is 8.60. The van der Waals surface area contributed by atoms with E-state index >= 15 is 0 Å². The van der Waals surface area contributed by atoms with E-state index in [-0.39, 0.29) is 18.6 Å². The number of nitrogens with zero attached hydrogens (tertiary/aromatic N) is 4. The number of rotatable bonds is 6. The lowest BCUT2D eigenvalue weighted by Crippen LogP contribution is -2.49. The van der Waals surface area contributed by atoms with Crippen LogP contribution < -0.4 is 15.0 Å². The van der Waals surface area contributed by atoms with E-state index in [1.807, 2.05) is 26.0 Å². The molecule has 1 fully saturated rings. The lowest BCUT2D eigenvalue weighted by molar-refractivity contribution is -0.123. The first-order chi connectivity index (χ1) is 12.7. The minimum Gasteiger partial charge on any atom is -0.482 e. The molecule has 26 heavy (non-hydrogen) atoms. The molecule has 3 rings (SSSR count). The molecule has 1 N–H and O–H groups in total. The third-order valence-electron chi connectivity index (χ3n) is 4.39. The Kier molecular flexibility index (Phi) is 5.99. The number of nitrogens with one attached hydrogen (secondary N) is 1. The lowest BCUT2D eigenvalue weighted by atomic mass is 10.1. The Bertz CT molecular complexity index is 738. The Balaban J connectivity index is 1.52. The maximum absolute atomic E-state index is 12.3. The maximum atomic E-state index is 12.3. The fourth-order valence-electron chi connectivity index (χ4n) is 3.13. The predicted octanol–water partition coefficient (Wildman–Crippen LogP) is 1.91. The Morgan fingerprint density at radius 2 is 2.15 bits per heavy atom. The highest BCUT2D eigenvalue weighted by molar-refractivity contribution is 5.78. The van der Waals surface area contributed by atoms with Crippen LogP contribution in [0.15, 0.2) is 30.6 Å². The molecule has 3 heterocycles. The van der Waals surface area contributed by atoms with E-state index in [2.05, 4.69) is 25.2 Å². The number of hydrogen-bond acceptors (Lipinski definition) is 6. The molecule has 1 atom stereocenters. The summed E-state index contributed by atoms with van der Waals surface area (Å²) in [7, 11) is 0. The quantitative estimate of drug-likeness (QED) is 0.853. The average Bonchev–Trinajstić information content (AvgIpc) is 2.68. The number of anilines is 1. The molecule has 0 aromatic carbocycles. The van der Waals surface area contributed by atoms with Gasteiger partial charge in [0, 0.05) is 37.2 Å². The maximum Gasteiger partial charge on any atom is 0.258 e. The second-order valence-electron chi connectivity index (χ2n) is 6.44. The summed E-state index contributed by atoms with van der Waals surface area (Å²) >= 11 is 0. The number of carbonyl (C=O) groups is 1. The van der Waals surface area contributed by atoms with E-state index in [9.17, 15) is 4.79 Å². The number of ether oxygens (including phenoxy) is 1. The van der Waals surface area contributed by atoms with Gasteiger partial charge in [0.25, 0.3) is 5.91 Å². The molecule has 1 aliphatic heterocycles. The second-order valence-corrected chi connectivity index (χ2v) is 6.44. The van der Waals surface area contributed by atoms with E-state index in [1.165, 1.54) is 0 Å². The van der Waals surface area contributed by atoms with E-state index in [0.29, 0.717) is 18.2 Å². The number of carbonyl (C=O) groups excluding carboxylic acids is 1. The molecular formula is C19H25N5O2. The van der Waals surface area contributed by atoms with Crippen molar-refractivity contribution in [1.29, 1.82) is 0 Å². The summed E-state index contributed by atoms with van der Waals surface area (Å²) in [6.45, 7) is 5.58. The van der Waals surface area contributed by atoms with Crippen LogP contribution in [0.2, 0.25) is 0 Å². The van der Waals surface area contributed by atoms with E-state index in [1.54, 1.807) is 18.5 Å². The summed E-state index contributed by atoms with van der Waals surface area (Å²) < 4.78 is 5.69. The summed E-state index contributed by atoms with van der Waals surface area (Å²) in [5, 5.41) is 3.06. The van der Waals surface area contributed by atoms with Crippen LogP contribution in [-0.2, 0) is 11.2 Å². The van der Waals surface area contributed by atoms with Crippen LogP contribution in [0.5, 0.6) is 5.75 Å². The highest BCUT2D eigenvalue weighted by Crippen LogP contribution is 2.18. The Morgan fingerprint density at radius 1 is 1.35 bits per heavy atom. The van der Waals surface area contributed by atoms with Crippen LogP contribution in [0.3, 0.4) is 0 Å². The molecule has 0 radical (unpaired) electrons. The fourth-order valence-corrected chi connectivity index (χ4v) is 3.13. The van der Waals surface area contributed by atoms with Crippen molar-refractivity contribution < 1.29 is 9.53 Å². The molecule has 0 aliphatic carbocycles. The van der Waals surface area contributed by atoms with Crippen molar-refractivity contribution in [2.24, 2.45) is 0 Å². The molecule has 1 amide bonds. The molecule has 0 unspecified atom stereocenters. The van der Waals surface area contributed by atoms with Gasteiger partial charge >= 0.3 is 0 Å². The largest absolute Gasteiger partial charge is 0.482 e. The van der Waals surface area contributed by atoms with Gasteiger partial charge in [-0.05, 0) is 44.4 Å². The molecule has 7 nitrogen and oxygen atoms in total. The first kappa shape index (κ1) is 18.1. The van der Waals surface area contributed by atoms with Crippen molar-refractivity contribution >= 4 is 11.9 Å². The van der Waals surface area contributed by atoms with Crippen LogP contribution >= 0.6 is 0 Å². The van der Waals surface area contributed by atoms with Crippen LogP contribution in [0.4, 0.5) is 5.95 Å². The first-order valence-electron chi connectivity index (χ1n) is 9.06. The molecule has 0 spiro atoms. The number of hydrogen-bond donors (Lipinski definition) is 1. The molecule has 2 aromatic heterocycles. The van der Waals surface area contributed by atoms with Crippen LogP contribution in [0.1, 0.15) is 31.2 Å². The Morgan fingerprint density at radius 3 is 2.92 bits per heavy atom. The van der Waals surface area contributed by atoms with E-state index < -0.39 is 0 Å². The molecule has 0 bridgehead atoms. The molecule has 2 aromatic rings. The predicted molar refractivity (Wildman–Crippen MR) is 99.3 cm³/mol. The third kappa shape index (κ3) is 4.68. The van der Waals surface area contributed by atoms with Gasteiger partial charge in [-0.2, -0.15) is 0 Å². The summed E-state index contributed by atoms with van der Waals surface area (Å²) in [6.07, 6.45) is 6.18. The van der Waals surface area contributed by atoms with Gasteiger partial charge < -0.3 is 15.0 Å². The summed E-state index contributed by atoms with van der Waals surface area (Å²) in [5.41, 5.74) is 1.83. The molecule has 0 saturated carbocycles. The van der Waals surface area contributed by atoms with Crippen molar-refractivity contribution in [1.82, 2.24) is 20.3 Å². The normalized spacial score (nSPS) is 17.0. The van der Waals surface area contributed by atoms with Crippen molar-refractivity contribution in [3.63, 3.8) is 0 Å². The van der Waals surface area contributed by atoms with Crippen LogP contribution in [0.25, 0.3) is 0 Å². The van der Waals surface area contributed by atoms with Crippen LogP contribution in [-0.4, -0.2) is 46.6 Å². The van der Waals surface area contributed by atoms with E-state index in [4.69, 9.17) is 4.74 Å². The number of aromatic nitrogens is 3. The minimum atomic E-state index is -0.117. The number of pyridine rings is 1. The Hall–Kier alpha value is -2.70. The van der Waals surface area contributed by atoms with Gasteiger partial charge in [0.15, 0.2) is 6.61 Å².